The Morgan fingerprint density at radius 2 is 1.92 bits per heavy atom. The smallest absolute Gasteiger partial charge is 0.223 e. The summed E-state index contributed by atoms with van der Waals surface area (Å²) in [6, 6.07) is 3.81. The number of rotatable bonds is 7. The van der Waals surface area contributed by atoms with Crippen molar-refractivity contribution in [1.29, 1.82) is 0 Å². The third kappa shape index (κ3) is 4.58. The Balaban J connectivity index is 1.50. The van der Waals surface area contributed by atoms with E-state index in [0.717, 1.165) is 38.5 Å². The second kappa shape index (κ2) is 8.41. The lowest BCUT2D eigenvalue weighted by molar-refractivity contribution is -0.128. The van der Waals surface area contributed by atoms with Crippen molar-refractivity contribution < 1.29 is 23.4 Å². The SMILES string of the molecule is O=C1CC2(CCN(CCOCCO)CC2)CN1Cc1ccc(F)c(F)c1. The number of benzene rings is 1. The van der Waals surface area contributed by atoms with Crippen LogP contribution in [-0.2, 0) is 16.1 Å². The Morgan fingerprint density at radius 1 is 1.15 bits per heavy atom. The van der Waals surface area contributed by atoms with E-state index in [-0.39, 0.29) is 17.9 Å². The molecule has 1 N–H and O–H groups in total. The first-order valence-corrected chi connectivity index (χ1v) is 9.14. The number of ether oxygens (including phenoxy) is 1. The fourth-order valence-electron chi connectivity index (χ4n) is 3.93. The maximum Gasteiger partial charge on any atom is 0.223 e. The molecule has 0 aliphatic carbocycles. The van der Waals surface area contributed by atoms with Gasteiger partial charge in [0.15, 0.2) is 11.6 Å². The number of carbonyl (C=O) groups excluding carboxylic acids is 1. The van der Waals surface area contributed by atoms with Gasteiger partial charge in [-0.15, -0.1) is 0 Å². The van der Waals surface area contributed by atoms with Crippen molar-refractivity contribution >= 4 is 5.91 Å². The summed E-state index contributed by atoms with van der Waals surface area (Å²) >= 11 is 0. The summed E-state index contributed by atoms with van der Waals surface area (Å²) in [4.78, 5) is 16.5. The molecule has 2 heterocycles. The molecule has 1 amide bonds. The van der Waals surface area contributed by atoms with Gasteiger partial charge in [-0.2, -0.15) is 0 Å². The highest BCUT2D eigenvalue weighted by atomic mass is 19.2. The van der Waals surface area contributed by atoms with Crippen LogP contribution in [0.5, 0.6) is 0 Å². The summed E-state index contributed by atoms with van der Waals surface area (Å²) in [5, 5.41) is 8.71. The van der Waals surface area contributed by atoms with Gasteiger partial charge >= 0.3 is 0 Å². The van der Waals surface area contributed by atoms with Crippen molar-refractivity contribution in [3.05, 3.63) is 35.4 Å². The van der Waals surface area contributed by atoms with Gasteiger partial charge in [0.25, 0.3) is 0 Å². The molecule has 144 valence electrons. The van der Waals surface area contributed by atoms with Crippen LogP contribution >= 0.6 is 0 Å². The van der Waals surface area contributed by atoms with E-state index in [0.29, 0.717) is 38.3 Å². The zero-order chi connectivity index (χ0) is 18.6. The molecule has 1 spiro atoms. The van der Waals surface area contributed by atoms with Gasteiger partial charge in [0.2, 0.25) is 5.91 Å². The highest BCUT2D eigenvalue weighted by Gasteiger charge is 2.44. The van der Waals surface area contributed by atoms with E-state index < -0.39 is 11.6 Å². The molecule has 0 unspecified atom stereocenters. The minimum absolute atomic E-state index is 0.00187. The lowest BCUT2D eigenvalue weighted by atomic mass is 9.77. The zero-order valence-corrected chi connectivity index (χ0v) is 14.9. The first-order valence-electron chi connectivity index (χ1n) is 9.14. The van der Waals surface area contributed by atoms with Gasteiger partial charge in [-0.3, -0.25) is 4.79 Å². The lowest BCUT2D eigenvalue weighted by Gasteiger charge is -2.38. The summed E-state index contributed by atoms with van der Waals surface area (Å²) in [7, 11) is 0. The molecule has 2 aliphatic rings. The van der Waals surface area contributed by atoms with Crippen molar-refractivity contribution in [1.82, 2.24) is 9.80 Å². The largest absolute Gasteiger partial charge is 0.394 e. The van der Waals surface area contributed by atoms with Crippen LogP contribution in [-0.4, -0.2) is 66.8 Å². The third-order valence-corrected chi connectivity index (χ3v) is 5.47. The normalized spacial score (nSPS) is 20.3. The highest BCUT2D eigenvalue weighted by molar-refractivity contribution is 5.79. The van der Waals surface area contributed by atoms with Gasteiger partial charge in [-0.05, 0) is 49.0 Å². The summed E-state index contributed by atoms with van der Waals surface area (Å²) in [5.41, 5.74) is 0.616. The van der Waals surface area contributed by atoms with E-state index in [1.54, 1.807) is 4.90 Å². The number of piperidine rings is 1. The molecule has 3 rings (SSSR count). The van der Waals surface area contributed by atoms with Crippen molar-refractivity contribution in [2.75, 3.05) is 46.0 Å². The van der Waals surface area contributed by atoms with Crippen LogP contribution in [0.25, 0.3) is 0 Å². The molecule has 5 nitrogen and oxygen atoms in total. The third-order valence-electron chi connectivity index (χ3n) is 5.47. The van der Waals surface area contributed by atoms with Crippen molar-refractivity contribution in [3.63, 3.8) is 0 Å². The van der Waals surface area contributed by atoms with Crippen LogP contribution < -0.4 is 0 Å². The molecular formula is C19H26F2N2O3. The minimum Gasteiger partial charge on any atom is -0.394 e. The van der Waals surface area contributed by atoms with Crippen LogP contribution in [0.3, 0.4) is 0 Å². The molecule has 1 aromatic rings. The van der Waals surface area contributed by atoms with E-state index in [4.69, 9.17) is 9.84 Å². The van der Waals surface area contributed by atoms with Crippen LogP contribution in [0.15, 0.2) is 18.2 Å². The van der Waals surface area contributed by atoms with Gasteiger partial charge in [0, 0.05) is 26.1 Å². The van der Waals surface area contributed by atoms with Gasteiger partial charge in [-0.1, -0.05) is 6.07 Å². The Kier molecular flexibility index (Phi) is 6.21. The molecule has 2 aliphatic heterocycles. The molecule has 26 heavy (non-hydrogen) atoms. The number of amides is 1. The summed E-state index contributed by atoms with van der Waals surface area (Å²) in [5.74, 6) is -1.65. The van der Waals surface area contributed by atoms with E-state index >= 15 is 0 Å². The predicted octanol–water partition coefficient (Wildman–Crippen LogP) is 1.79. The second-order valence-electron chi connectivity index (χ2n) is 7.35. The number of carbonyl (C=O) groups is 1. The molecule has 0 radical (unpaired) electrons. The highest BCUT2D eigenvalue weighted by Crippen LogP contribution is 2.41. The van der Waals surface area contributed by atoms with Gasteiger partial charge in [-0.25, -0.2) is 8.78 Å². The zero-order valence-electron chi connectivity index (χ0n) is 14.9. The number of hydrogen-bond donors (Lipinski definition) is 1. The number of likely N-dealkylation sites (tertiary alicyclic amines) is 2. The first-order chi connectivity index (χ1) is 12.5. The molecule has 0 aromatic heterocycles. The Bertz CT molecular complexity index is 633. The average molecular weight is 368 g/mol. The molecule has 1 aromatic carbocycles. The summed E-state index contributed by atoms with van der Waals surface area (Å²) < 4.78 is 31.8. The van der Waals surface area contributed by atoms with Gasteiger partial charge in [0.05, 0.1) is 19.8 Å². The number of hydrogen-bond acceptors (Lipinski definition) is 4. The molecule has 0 saturated carbocycles. The number of aliphatic hydroxyl groups excluding tert-OH is 1. The summed E-state index contributed by atoms with van der Waals surface area (Å²) in [6.07, 6.45) is 2.44. The molecule has 7 heteroatoms. The van der Waals surface area contributed by atoms with Crippen LogP contribution in [0.4, 0.5) is 8.78 Å². The molecule has 2 saturated heterocycles. The topological polar surface area (TPSA) is 53.0 Å². The lowest BCUT2D eigenvalue weighted by Crippen LogP contribution is -2.42. The number of aliphatic hydroxyl groups is 1. The Hall–Kier alpha value is -1.57. The first kappa shape index (κ1) is 19.2. The summed E-state index contributed by atoms with van der Waals surface area (Å²) in [6.45, 7) is 4.71. The second-order valence-corrected chi connectivity index (χ2v) is 7.35. The maximum atomic E-state index is 13.4. The van der Waals surface area contributed by atoms with E-state index in [1.165, 1.54) is 12.1 Å². The monoisotopic (exact) mass is 368 g/mol. The van der Waals surface area contributed by atoms with E-state index in [1.807, 2.05) is 0 Å². The minimum atomic E-state index is -0.874. The Morgan fingerprint density at radius 3 is 2.62 bits per heavy atom. The number of halogens is 2. The fraction of sp³-hybridized carbons (Fsp3) is 0.632. The van der Waals surface area contributed by atoms with Crippen LogP contribution in [0.2, 0.25) is 0 Å². The van der Waals surface area contributed by atoms with Gasteiger partial charge < -0.3 is 19.6 Å². The quantitative estimate of drug-likeness (QED) is 0.746. The fourth-order valence-corrected chi connectivity index (χ4v) is 3.93. The van der Waals surface area contributed by atoms with Crippen molar-refractivity contribution in [2.24, 2.45) is 5.41 Å². The van der Waals surface area contributed by atoms with E-state index in [9.17, 15) is 13.6 Å². The molecule has 0 bridgehead atoms. The average Bonchev–Trinajstić information content (AvgIpc) is 2.92. The molecular weight excluding hydrogens is 342 g/mol. The van der Waals surface area contributed by atoms with Gasteiger partial charge in [0.1, 0.15) is 0 Å². The van der Waals surface area contributed by atoms with Crippen molar-refractivity contribution in [3.8, 4) is 0 Å². The standard InChI is InChI=1S/C19H26F2N2O3/c20-16-2-1-15(11-17(16)21)13-23-14-19(12-18(23)25)3-5-22(6-4-19)7-9-26-10-8-24/h1-2,11,24H,3-10,12-14H2. The van der Waals surface area contributed by atoms with Crippen LogP contribution in [0, 0.1) is 17.0 Å². The maximum absolute atomic E-state index is 13.4. The number of nitrogens with zero attached hydrogens (tertiary/aromatic N) is 2. The van der Waals surface area contributed by atoms with E-state index in [2.05, 4.69) is 4.90 Å². The van der Waals surface area contributed by atoms with Crippen molar-refractivity contribution in [2.45, 2.75) is 25.8 Å². The predicted molar refractivity (Wildman–Crippen MR) is 92.4 cm³/mol. The van der Waals surface area contributed by atoms with Crippen LogP contribution in [0.1, 0.15) is 24.8 Å². The molecule has 0 atom stereocenters. The molecule has 2 fully saturated rings. The Labute approximate surface area is 152 Å².